The lowest BCUT2D eigenvalue weighted by atomic mass is 9.46. The molecule has 5 nitrogen and oxygen atoms in total. The summed E-state index contributed by atoms with van der Waals surface area (Å²) in [5, 5.41) is 0. The third-order valence-corrected chi connectivity index (χ3v) is 11.4. The van der Waals surface area contributed by atoms with E-state index in [-0.39, 0.29) is 24.7 Å². The molecule has 0 radical (unpaired) electrons. The predicted octanol–water partition coefficient (Wildman–Crippen LogP) is 8.67. The molecule has 1 unspecified atom stereocenters. The summed E-state index contributed by atoms with van der Waals surface area (Å²) in [6.07, 6.45) is 15.4. The van der Waals surface area contributed by atoms with Crippen LogP contribution >= 0.6 is 0 Å². The van der Waals surface area contributed by atoms with Crippen molar-refractivity contribution in [3.05, 3.63) is 23.8 Å². The normalized spacial score (nSPS) is 36.2. The third kappa shape index (κ3) is 6.43. The molecule has 4 aliphatic rings. The molecule has 3 fully saturated rings. The van der Waals surface area contributed by atoms with E-state index in [0.717, 1.165) is 54.8 Å². The lowest BCUT2D eigenvalue weighted by molar-refractivity contribution is -0.140. The van der Waals surface area contributed by atoms with Gasteiger partial charge in [0, 0.05) is 5.57 Å². The minimum atomic E-state index is -0.687. The predicted molar refractivity (Wildman–Crippen MR) is 155 cm³/mol. The van der Waals surface area contributed by atoms with Gasteiger partial charge in [0.25, 0.3) is 0 Å². The van der Waals surface area contributed by atoms with Crippen LogP contribution in [0, 0.1) is 46.3 Å². The van der Waals surface area contributed by atoms with Crippen LogP contribution in [-0.2, 0) is 19.0 Å². The zero-order valence-corrected chi connectivity index (χ0v) is 25.6. The topological polar surface area (TPSA) is 61.8 Å². The van der Waals surface area contributed by atoms with Crippen LogP contribution in [0.3, 0.4) is 0 Å². The summed E-state index contributed by atoms with van der Waals surface area (Å²) >= 11 is 0. The highest BCUT2D eigenvalue weighted by atomic mass is 16.7. The first-order valence-corrected chi connectivity index (χ1v) is 15.8. The van der Waals surface area contributed by atoms with Crippen LogP contribution in [0.25, 0.3) is 0 Å². The van der Waals surface area contributed by atoms with Crippen LogP contribution < -0.4 is 0 Å². The zero-order chi connectivity index (χ0) is 28.4. The van der Waals surface area contributed by atoms with Crippen molar-refractivity contribution in [3.63, 3.8) is 0 Å². The van der Waals surface area contributed by atoms with Crippen molar-refractivity contribution in [2.24, 2.45) is 46.3 Å². The van der Waals surface area contributed by atoms with Crippen molar-refractivity contribution < 1.29 is 23.8 Å². The lowest BCUT2D eigenvalue weighted by Crippen LogP contribution is -2.51. The van der Waals surface area contributed by atoms with Crippen molar-refractivity contribution in [2.45, 2.75) is 118 Å². The Labute approximate surface area is 237 Å². The van der Waals surface area contributed by atoms with Crippen molar-refractivity contribution in [1.29, 1.82) is 0 Å². The Balaban J connectivity index is 1.33. The Kier molecular flexibility index (Phi) is 9.59. The molecule has 0 amide bonds. The van der Waals surface area contributed by atoms with Crippen LogP contribution in [0.15, 0.2) is 23.8 Å². The molecular weight excluding hydrogens is 488 g/mol. The number of esters is 1. The number of hydrogen-bond acceptors (Lipinski definition) is 5. The minimum absolute atomic E-state index is 0.00531. The molecule has 0 bridgehead atoms. The van der Waals surface area contributed by atoms with Crippen molar-refractivity contribution in [1.82, 2.24) is 0 Å². The van der Waals surface area contributed by atoms with Crippen LogP contribution in [0.2, 0.25) is 0 Å². The van der Waals surface area contributed by atoms with Crippen molar-refractivity contribution >= 4 is 12.1 Å². The molecule has 0 aliphatic heterocycles. The van der Waals surface area contributed by atoms with E-state index >= 15 is 0 Å². The highest BCUT2D eigenvalue weighted by Gasteiger charge is 2.59. The standard InChI is InChI=1S/C34H54O5/c1-22(2)9-8-10-24(5)28-13-14-29-27-12-11-25-21-26(39-32(36)38-20-19-37-31(35)23(3)4)15-17-33(25,6)30(27)16-18-34(28,29)7/h21-22,24,26-30H,3,8-20H2,1-2,4-7H3/t24-,26?,27+,28-,29+,30+,33+,34-/m1/s1. The van der Waals surface area contributed by atoms with Crippen LogP contribution in [-0.4, -0.2) is 31.4 Å². The third-order valence-electron chi connectivity index (χ3n) is 11.4. The van der Waals surface area contributed by atoms with Gasteiger partial charge in [-0.05, 0) is 111 Å². The zero-order valence-electron chi connectivity index (χ0n) is 25.6. The Bertz CT molecular complexity index is 936. The summed E-state index contributed by atoms with van der Waals surface area (Å²) in [5.41, 5.74) is 2.57. The quantitative estimate of drug-likeness (QED) is 0.120. The van der Waals surface area contributed by atoms with Gasteiger partial charge in [0.1, 0.15) is 19.3 Å². The molecule has 8 atom stereocenters. The number of carbonyl (C=O) groups is 2. The van der Waals surface area contributed by atoms with E-state index in [2.05, 4.69) is 47.3 Å². The number of hydrogen-bond donors (Lipinski definition) is 0. The van der Waals surface area contributed by atoms with E-state index in [1.165, 1.54) is 56.9 Å². The van der Waals surface area contributed by atoms with Crippen LogP contribution in [0.4, 0.5) is 4.79 Å². The maximum absolute atomic E-state index is 12.3. The fraction of sp³-hybridized carbons (Fsp3) is 0.824. The fourth-order valence-electron chi connectivity index (χ4n) is 9.35. The van der Waals surface area contributed by atoms with Gasteiger partial charge in [-0.15, -0.1) is 0 Å². The first kappa shape index (κ1) is 30.2. The largest absolute Gasteiger partial charge is 0.508 e. The van der Waals surface area contributed by atoms with Gasteiger partial charge in [-0.3, -0.25) is 0 Å². The molecule has 0 aromatic carbocycles. The van der Waals surface area contributed by atoms with Gasteiger partial charge in [-0.25, -0.2) is 9.59 Å². The van der Waals surface area contributed by atoms with Gasteiger partial charge in [0.15, 0.2) is 0 Å². The molecular formula is C34H54O5. The summed E-state index contributed by atoms with van der Waals surface area (Å²) in [6, 6.07) is 0. The summed E-state index contributed by atoms with van der Waals surface area (Å²) in [4.78, 5) is 23.7. The highest BCUT2D eigenvalue weighted by Crippen LogP contribution is 2.67. The molecule has 0 aromatic rings. The fourth-order valence-corrected chi connectivity index (χ4v) is 9.35. The second-order valence-corrected chi connectivity index (χ2v) is 14.3. The number of rotatable bonds is 10. The molecule has 0 N–H and O–H groups in total. The second-order valence-electron chi connectivity index (χ2n) is 14.3. The van der Waals surface area contributed by atoms with Crippen molar-refractivity contribution in [2.75, 3.05) is 13.2 Å². The molecule has 39 heavy (non-hydrogen) atoms. The van der Waals surface area contributed by atoms with Gasteiger partial charge in [0.2, 0.25) is 0 Å². The van der Waals surface area contributed by atoms with E-state index < -0.39 is 12.1 Å². The Morgan fingerprint density at radius 1 is 0.974 bits per heavy atom. The molecule has 0 heterocycles. The Hall–Kier alpha value is -1.78. The highest BCUT2D eigenvalue weighted by molar-refractivity contribution is 5.86. The average Bonchev–Trinajstić information content (AvgIpc) is 3.23. The van der Waals surface area contributed by atoms with Crippen LogP contribution in [0.5, 0.6) is 0 Å². The number of ether oxygens (including phenoxy) is 3. The van der Waals surface area contributed by atoms with Crippen molar-refractivity contribution in [3.8, 4) is 0 Å². The number of fused-ring (bicyclic) bond motifs is 5. The van der Waals surface area contributed by atoms with Crippen LogP contribution in [0.1, 0.15) is 112 Å². The summed E-state index contributed by atoms with van der Waals surface area (Å²) in [7, 11) is 0. The average molecular weight is 543 g/mol. The van der Waals surface area contributed by atoms with E-state index in [1.807, 2.05) is 0 Å². The lowest BCUT2D eigenvalue weighted by Gasteiger charge is -2.59. The molecule has 0 spiro atoms. The maximum atomic E-state index is 12.3. The van der Waals surface area contributed by atoms with E-state index in [9.17, 15) is 9.59 Å². The molecule has 5 heteroatoms. The van der Waals surface area contributed by atoms with E-state index in [4.69, 9.17) is 14.2 Å². The number of carbonyl (C=O) groups excluding carboxylic acids is 2. The SMILES string of the molecule is C=C(C)C(=O)OCCOC(=O)OC1C=C2CC[C@H]3[C@@H]4CC[C@H]([C@H](C)CCCC(C)C)[C@@]4(C)CC[C@@H]3[C@@]2(C)CC1. The van der Waals surface area contributed by atoms with Gasteiger partial charge >= 0.3 is 12.1 Å². The molecule has 0 aromatic heterocycles. The van der Waals surface area contributed by atoms with Gasteiger partial charge in [0.05, 0.1) is 0 Å². The molecule has 4 rings (SSSR count). The maximum Gasteiger partial charge on any atom is 0.508 e. The smallest absolute Gasteiger partial charge is 0.459 e. The Morgan fingerprint density at radius 2 is 1.72 bits per heavy atom. The summed E-state index contributed by atoms with van der Waals surface area (Å²) in [5.74, 6) is 4.52. The molecule has 0 saturated heterocycles. The number of allylic oxidation sites excluding steroid dienone is 1. The summed E-state index contributed by atoms with van der Waals surface area (Å²) in [6.45, 7) is 17.5. The monoisotopic (exact) mass is 542 g/mol. The first-order valence-electron chi connectivity index (χ1n) is 15.8. The van der Waals surface area contributed by atoms with E-state index in [0.29, 0.717) is 11.0 Å². The minimum Gasteiger partial charge on any atom is -0.459 e. The summed E-state index contributed by atoms with van der Waals surface area (Å²) < 4.78 is 15.8. The molecule has 3 saturated carbocycles. The van der Waals surface area contributed by atoms with E-state index in [1.54, 1.807) is 6.92 Å². The van der Waals surface area contributed by atoms with Gasteiger partial charge in [-0.2, -0.15) is 0 Å². The van der Waals surface area contributed by atoms with Gasteiger partial charge < -0.3 is 14.2 Å². The first-order chi connectivity index (χ1) is 18.5. The Morgan fingerprint density at radius 3 is 2.44 bits per heavy atom. The molecule has 4 aliphatic carbocycles. The second kappa shape index (κ2) is 12.4. The molecule has 220 valence electrons. The van der Waals surface area contributed by atoms with Gasteiger partial charge in [-0.1, -0.05) is 66.0 Å².